The van der Waals surface area contributed by atoms with E-state index >= 15 is 0 Å². The first-order valence-corrected chi connectivity index (χ1v) is 11.4. The van der Waals surface area contributed by atoms with Crippen molar-refractivity contribution in [3.8, 4) is 28.4 Å². The highest BCUT2D eigenvalue weighted by Crippen LogP contribution is 2.39. The summed E-state index contributed by atoms with van der Waals surface area (Å²) >= 11 is 0. The van der Waals surface area contributed by atoms with Crippen LogP contribution in [0, 0.1) is 0 Å². The summed E-state index contributed by atoms with van der Waals surface area (Å²) in [6, 6.07) is 6.24. The Bertz CT molecular complexity index is 1050. The molecule has 0 radical (unpaired) electrons. The molecule has 1 saturated carbocycles. The minimum Gasteiger partial charge on any atom is -0.495 e. The van der Waals surface area contributed by atoms with Gasteiger partial charge in [0.1, 0.15) is 23.1 Å². The van der Waals surface area contributed by atoms with Crippen molar-refractivity contribution >= 4 is 11.5 Å². The maximum atomic E-state index is 6.42. The number of hydrogen-bond acceptors (Lipinski definition) is 8. The Morgan fingerprint density at radius 1 is 1.03 bits per heavy atom. The zero-order valence-electron chi connectivity index (χ0n) is 18.8. The maximum Gasteiger partial charge on any atom is 0.167 e. The number of rotatable bonds is 4. The van der Waals surface area contributed by atoms with Crippen LogP contribution in [0.5, 0.6) is 5.75 Å². The summed E-state index contributed by atoms with van der Waals surface area (Å²) < 4.78 is 5.35. The molecule has 2 fully saturated rings. The summed E-state index contributed by atoms with van der Waals surface area (Å²) in [5, 5.41) is 8.76. The number of piperazine rings is 1. The third-order valence-electron chi connectivity index (χ3n) is 7.11. The van der Waals surface area contributed by atoms with Crippen LogP contribution in [0.2, 0.25) is 0 Å². The number of methoxy groups -OCH3 is 1. The number of ether oxygens (including phenoxy) is 1. The SMILES string of the molecule is COc1cc(-c2nnc3[nH]c([C@H]4CC[C@@H](N5CCN(C)CC5)CC4)nc(N)c2-3)ccc1N. The number of anilines is 2. The molecule has 0 amide bonds. The van der Waals surface area contributed by atoms with E-state index in [1.807, 2.05) is 12.1 Å². The molecule has 1 aliphatic carbocycles. The van der Waals surface area contributed by atoms with Gasteiger partial charge in [0.15, 0.2) is 5.82 Å². The van der Waals surface area contributed by atoms with E-state index in [2.05, 4.69) is 32.0 Å². The smallest absolute Gasteiger partial charge is 0.167 e. The van der Waals surface area contributed by atoms with Crippen molar-refractivity contribution in [2.24, 2.45) is 0 Å². The molecular formula is C23H32N8O. The van der Waals surface area contributed by atoms with Crippen LogP contribution in [-0.4, -0.2) is 76.3 Å². The average molecular weight is 437 g/mol. The van der Waals surface area contributed by atoms with Crippen molar-refractivity contribution in [2.45, 2.75) is 37.6 Å². The van der Waals surface area contributed by atoms with Gasteiger partial charge in [-0.05, 0) is 44.9 Å². The molecule has 5 rings (SSSR count). The number of nitrogen functional groups attached to an aromatic ring is 2. The molecule has 3 heterocycles. The lowest BCUT2D eigenvalue weighted by Gasteiger charge is -2.41. The van der Waals surface area contributed by atoms with Gasteiger partial charge in [0.2, 0.25) is 0 Å². The topological polar surface area (TPSA) is 122 Å². The molecule has 9 heteroatoms. The minimum absolute atomic E-state index is 0.377. The van der Waals surface area contributed by atoms with Gasteiger partial charge < -0.3 is 26.1 Å². The van der Waals surface area contributed by atoms with Gasteiger partial charge >= 0.3 is 0 Å². The monoisotopic (exact) mass is 436 g/mol. The number of nitrogens with zero attached hydrogens (tertiary/aromatic N) is 5. The zero-order valence-corrected chi connectivity index (χ0v) is 18.8. The number of aromatic nitrogens is 4. The summed E-state index contributed by atoms with van der Waals surface area (Å²) in [6.07, 6.45) is 4.62. The number of hydrogen-bond donors (Lipinski definition) is 3. The van der Waals surface area contributed by atoms with Crippen LogP contribution in [0.1, 0.15) is 37.4 Å². The van der Waals surface area contributed by atoms with E-state index in [-0.39, 0.29) is 0 Å². The molecule has 9 nitrogen and oxygen atoms in total. The van der Waals surface area contributed by atoms with Crippen LogP contribution < -0.4 is 16.2 Å². The molecule has 5 N–H and O–H groups in total. The number of likely N-dealkylation sites (N-methyl/N-ethyl adjacent to an activating group) is 1. The van der Waals surface area contributed by atoms with Crippen LogP contribution in [0.15, 0.2) is 18.2 Å². The van der Waals surface area contributed by atoms with Gasteiger partial charge in [-0.15, -0.1) is 10.2 Å². The highest BCUT2D eigenvalue weighted by atomic mass is 16.5. The lowest BCUT2D eigenvalue weighted by atomic mass is 9.84. The number of H-pyrrole nitrogens is 1. The Labute approximate surface area is 188 Å². The normalized spacial score (nSPS) is 22.9. The minimum atomic E-state index is 0.377. The van der Waals surface area contributed by atoms with E-state index in [4.69, 9.17) is 21.2 Å². The molecule has 4 aliphatic rings. The average Bonchev–Trinajstić information content (AvgIpc) is 3.25. The highest BCUT2D eigenvalue weighted by molar-refractivity contribution is 5.86. The zero-order chi connectivity index (χ0) is 22.2. The Balaban J connectivity index is 1.34. The Hall–Kier alpha value is -2.91. The van der Waals surface area contributed by atoms with Crippen LogP contribution in [0.25, 0.3) is 22.6 Å². The fraction of sp³-hybridized carbons (Fsp3) is 0.522. The predicted octanol–water partition coefficient (Wildman–Crippen LogP) is 2.42. The lowest BCUT2D eigenvalue weighted by molar-refractivity contribution is 0.0873. The summed E-state index contributed by atoms with van der Waals surface area (Å²) in [5.41, 5.74) is 15.2. The maximum absolute atomic E-state index is 6.42. The second kappa shape index (κ2) is 8.55. The number of nitrogens with one attached hydrogen (secondary N) is 1. The molecule has 0 bridgehead atoms. The fourth-order valence-corrected chi connectivity index (χ4v) is 5.13. The molecule has 3 aliphatic heterocycles. The van der Waals surface area contributed by atoms with E-state index in [0.717, 1.165) is 29.8 Å². The molecular weight excluding hydrogens is 404 g/mol. The molecule has 0 spiro atoms. The van der Waals surface area contributed by atoms with E-state index in [0.29, 0.717) is 40.7 Å². The second-order valence-corrected chi connectivity index (χ2v) is 9.08. The van der Waals surface area contributed by atoms with E-state index in [9.17, 15) is 0 Å². The van der Waals surface area contributed by atoms with Crippen LogP contribution >= 0.6 is 0 Å². The number of fused-ring (bicyclic) bond motifs is 1. The van der Waals surface area contributed by atoms with Crippen molar-refractivity contribution in [2.75, 3.05) is 51.8 Å². The quantitative estimate of drug-likeness (QED) is 0.533. The largest absolute Gasteiger partial charge is 0.495 e. The highest BCUT2D eigenvalue weighted by Gasteiger charge is 2.30. The number of benzene rings is 1. The van der Waals surface area contributed by atoms with Crippen molar-refractivity contribution < 1.29 is 4.74 Å². The van der Waals surface area contributed by atoms with Crippen molar-refractivity contribution in [1.82, 2.24) is 30.0 Å². The van der Waals surface area contributed by atoms with Crippen molar-refractivity contribution in [3.05, 3.63) is 24.0 Å². The standard InChI is InChI=1S/C23H32N8O/c1-30-9-11-31(12-10-30)16-6-3-14(4-7-16)22-26-21(25)19-20(28-29-23(19)27-22)15-5-8-17(24)18(13-15)32-2/h5,8,13-14,16H,3-4,6-7,9-12,24H2,1-2H3,(H3,25,26,27,28,29)/t14-,16+. The van der Waals surface area contributed by atoms with Gasteiger partial charge in [-0.25, -0.2) is 4.98 Å². The Kier molecular flexibility index (Phi) is 5.60. The third-order valence-corrected chi connectivity index (χ3v) is 7.11. The number of nitrogens with two attached hydrogens (primary N) is 2. The molecule has 0 unspecified atom stereocenters. The Morgan fingerprint density at radius 2 is 1.78 bits per heavy atom. The van der Waals surface area contributed by atoms with Gasteiger partial charge in [-0.3, -0.25) is 4.90 Å². The molecule has 0 atom stereocenters. The van der Waals surface area contributed by atoms with E-state index < -0.39 is 0 Å². The number of aromatic amines is 1. The van der Waals surface area contributed by atoms with Gasteiger partial charge in [0.05, 0.1) is 18.4 Å². The van der Waals surface area contributed by atoms with Gasteiger partial charge in [0, 0.05) is 43.7 Å². The summed E-state index contributed by atoms with van der Waals surface area (Å²) in [5.74, 6) is 3.04. The van der Waals surface area contributed by atoms with Crippen LogP contribution in [-0.2, 0) is 0 Å². The lowest BCUT2D eigenvalue weighted by Crippen LogP contribution is -2.49. The Morgan fingerprint density at radius 3 is 2.50 bits per heavy atom. The third kappa shape index (κ3) is 3.86. The van der Waals surface area contributed by atoms with Crippen LogP contribution in [0.3, 0.4) is 0 Å². The molecule has 1 aromatic rings. The molecule has 32 heavy (non-hydrogen) atoms. The van der Waals surface area contributed by atoms with Crippen molar-refractivity contribution in [3.63, 3.8) is 0 Å². The summed E-state index contributed by atoms with van der Waals surface area (Å²) in [7, 11) is 3.80. The van der Waals surface area contributed by atoms with Gasteiger partial charge in [0.25, 0.3) is 0 Å². The van der Waals surface area contributed by atoms with Crippen molar-refractivity contribution in [1.29, 1.82) is 0 Å². The van der Waals surface area contributed by atoms with E-state index in [1.54, 1.807) is 13.2 Å². The summed E-state index contributed by atoms with van der Waals surface area (Å²) in [4.78, 5) is 13.3. The molecule has 1 aromatic carbocycles. The first-order chi connectivity index (χ1) is 15.5. The predicted molar refractivity (Wildman–Crippen MR) is 126 cm³/mol. The first-order valence-electron chi connectivity index (χ1n) is 11.4. The van der Waals surface area contributed by atoms with Gasteiger partial charge in [-0.1, -0.05) is 6.07 Å². The first kappa shape index (κ1) is 21.0. The molecule has 0 aromatic heterocycles. The summed E-state index contributed by atoms with van der Waals surface area (Å²) in [6.45, 7) is 4.69. The van der Waals surface area contributed by atoms with Crippen LogP contribution in [0.4, 0.5) is 11.5 Å². The van der Waals surface area contributed by atoms with Gasteiger partial charge in [-0.2, -0.15) is 0 Å². The van der Waals surface area contributed by atoms with E-state index in [1.165, 1.54) is 39.0 Å². The second-order valence-electron chi connectivity index (χ2n) is 9.08. The molecule has 170 valence electrons. The molecule has 1 saturated heterocycles. The fourth-order valence-electron chi connectivity index (χ4n) is 5.13.